The van der Waals surface area contributed by atoms with E-state index in [9.17, 15) is 13.2 Å². The van der Waals surface area contributed by atoms with E-state index in [0.29, 0.717) is 5.69 Å². The highest BCUT2D eigenvalue weighted by molar-refractivity contribution is 7.92. The molecule has 1 aromatic heterocycles. The van der Waals surface area contributed by atoms with E-state index >= 15 is 0 Å². The van der Waals surface area contributed by atoms with Crippen molar-refractivity contribution < 1.29 is 13.2 Å². The summed E-state index contributed by atoms with van der Waals surface area (Å²) in [6, 6.07) is 10.4. The molecule has 7 nitrogen and oxygen atoms in total. The predicted molar refractivity (Wildman–Crippen MR) is 112 cm³/mol. The number of hydrogen-bond donors (Lipinski definition) is 2. The van der Waals surface area contributed by atoms with Crippen LogP contribution in [0.3, 0.4) is 0 Å². The molecule has 1 unspecified atom stereocenters. The van der Waals surface area contributed by atoms with Crippen LogP contribution in [0.1, 0.15) is 43.3 Å². The van der Waals surface area contributed by atoms with E-state index in [1.807, 2.05) is 26.0 Å². The third-order valence-corrected chi connectivity index (χ3v) is 6.77. The number of carbonyl (C=O) groups is 1. The number of imidazole rings is 1. The highest BCUT2D eigenvalue weighted by Crippen LogP contribution is 2.33. The molecular weight excluding hydrogens is 388 g/mol. The minimum atomic E-state index is -3.76. The summed E-state index contributed by atoms with van der Waals surface area (Å²) in [5.41, 5.74) is 4.14. The third-order valence-electron chi connectivity index (χ3n) is 5.39. The van der Waals surface area contributed by atoms with Crippen LogP contribution in [0.5, 0.6) is 0 Å². The van der Waals surface area contributed by atoms with Gasteiger partial charge in [0.2, 0.25) is 5.91 Å². The second-order valence-electron chi connectivity index (χ2n) is 7.36. The van der Waals surface area contributed by atoms with Gasteiger partial charge in [0.05, 0.1) is 27.7 Å². The number of aromatic nitrogens is 2. The maximum absolute atomic E-state index is 13.0. The fourth-order valence-corrected chi connectivity index (χ4v) is 5.15. The summed E-state index contributed by atoms with van der Waals surface area (Å²) in [7, 11) is -3.76. The summed E-state index contributed by atoms with van der Waals surface area (Å²) in [5.74, 6) is 0.773. The van der Waals surface area contributed by atoms with Crippen LogP contribution in [0.4, 0.5) is 5.69 Å². The first kappa shape index (κ1) is 19.4. The molecule has 0 saturated heterocycles. The summed E-state index contributed by atoms with van der Waals surface area (Å²) in [6.45, 7) is 6.26. The third kappa shape index (κ3) is 3.60. The molecule has 8 heteroatoms. The molecule has 3 aromatic rings. The van der Waals surface area contributed by atoms with Gasteiger partial charge < -0.3 is 9.88 Å². The average Bonchev–Trinajstić information content (AvgIpc) is 3.19. The Kier molecular flexibility index (Phi) is 4.82. The summed E-state index contributed by atoms with van der Waals surface area (Å²) in [6.07, 6.45) is 1.60. The Morgan fingerprint density at radius 1 is 1.24 bits per heavy atom. The van der Waals surface area contributed by atoms with E-state index in [4.69, 9.17) is 0 Å². The number of nitrogens with zero attached hydrogens (tertiary/aromatic N) is 2. The molecule has 1 aliphatic carbocycles. The number of carbonyl (C=O) groups excluding carboxylic acids is 1. The van der Waals surface area contributed by atoms with Crippen molar-refractivity contribution in [1.82, 2.24) is 14.9 Å². The lowest BCUT2D eigenvalue weighted by atomic mass is 10.1. The lowest BCUT2D eigenvalue weighted by Crippen LogP contribution is -2.24. The molecule has 0 radical (unpaired) electrons. The fourth-order valence-electron chi connectivity index (χ4n) is 4.07. The van der Waals surface area contributed by atoms with Crippen molar-refractivity contribution in [2.24, 2.45) is 0 Å². The van der Waals surface area contributed by atoms with Gasteiger partial charge in [-0.1, -0.05) is 6.07 Å². The molecular formula is C21H24N4O3S. The molecule has 152 valence electrons. The molecule has 0 saturated carbocycles. The Morgan fingerprint density at radius 3 is 2.76 bits per heavy atom. The largest absolute Gasteiger partial charge is 0.350 e. The molecule has 0 fully saturated rings. The van der Waals surface area contributed by atoms with Gasteiger partial charge >= 0.3 is 0 Å². The quantitative estimate of drug-likeness (QED) is 0.672. The van der Waals surface area contributed by atoms with Crippen LogP contribution in [0.25, 0.3) is 11.0 Å². The maximum atomic E-state index is 13.0. The molecule has 0 spiro atoms. The topological polar surface area (TPSA) is 93.1 Å². The second kappa shape index (κ2) is 7.18. The number of rotatable bonds is 5. The van der Waals surface area contributed by atoms with Gasteiger partial charge in [0.1, 0.15) is 5.82 Å². The Balaban J connectivity index is 1.64. The molecule has 1 aliphatic rings. The van der Waals surface area contributed by atoms with Crippen molar-refractivity contribution in [3.8, 4) is 0 Å². The van der Waals surface area contributed by atoms with Gasteiger partial charge in [-0.25, -0.2) is 13.4 Å². The van der Waals surface area contributed by atoms with Crippen molar-refractivity contribution in [3.63, 3.8) is 0 Å². The first-order valence-electron chi connectivity index (χ1n) is 9.68. The van der Waals surface area contributed by atoms with Crippen molar-refractivity contribution >= 4 is 32.7 Å². The van der Waals surface area contributed by atoms with Gasteiger partial charge in [-0.15, -0.1) is 0 Å². The van der Waals surface area contributed by atoms with Crippen LogP contribution in [-0.4, -0.2) is 23.9 Å². The first-order chi connectivity index (χ1) is 13.8. The summed E-state index contributed by atoms with van der Waals surface area (Å²) in [5, 5.41) is 2.89. The minimum absolute atomic E-state index is 0.121. The number of hydrogen-bond acceptors (Lipinski definition) is 4. The van der Waals surface area contributed by atoms with E-state index in [2.05, 4.69) is 19.6 Å². The number of aryl methyl sites for hydroxylation is 3. The van der Waals surface area contributed by atoms with Crippen LogP contribution >= 0.6 is 0 Å². The van der Waals surface area contributed by atoms with Gasteiger partial charge in [0, 0.05) is 13.5 Å². The highest BCUT2D eigenvalue weighted by atomic mass is 32.2. The molecule has 0 aliphatic heterocycles. The van der Waals surface area contributed by atoms with Gasteiger partial charge in [-0.2, -0.15) is 0 Å². The summed E-state index contributed by atoms with van der Waals surface area (Å²) in [4.78, 5) is 16.1. The van der Waals surface area contributed by atoms with Gasteiger partial charge in [-0.3, -0.25) is 9.52 Å². The number of fused-ring (bicyclic) bond motifs is 2. The molecule has 1 amide bonds. The lowest BCUT2D eigenvalue weighted by molar-refractivity contribution is -0.119. The van der Waals surface area contributed by atoms with Crippen LogP contribution in [0, 0.1) is 6.92 Å². The van der Waals surface area contributed by atoms with Gasteiger partial charge in [-0.05, 0) is 68.1 Å². The zero-order valence-corrected chi connectivity index (χ0v) is 17.5. The van der Waals surface area contributed by atoms with Gasteiger partial charge in [0.15, 0.2) is 0 Å². The zero-order valence-electron chi connectivity index (χ0n) is 16.7. The van der Waals surface area contributed by atoms with Crippen LogP contribution in [-0.2, 0) is 27.8 Å². The van der Waals surface area contributed by atoms with Crippen molar-refractivity contribution in [2.45, 2.75) is 51.1 Å². The number of nitrogens with one attached hydrogen (secondary N) is 2. The van der Waals surface area contributed by atoms with Crippen molar-refractivity contribution in [2.75, 3.05) is 4.72 Å². The van der Waals surface area contributed by atoms with Crippen molar-refractivity contribution in [1.29, 1.82) is 0 Å². The maximum Gasteiger partial charge on any atom is 0.261 e. The molecule has 2 N–H and O–H groups in total. The molecule has 2 aromatic carbocycles. The van der Waals surface area contributed by atoms with E-state index in [-0.39, 0.29) is 16.8 Å². The Bertz CT molecular complexity index is 1210. The van der Waals surface area contributed by atoms with E-state index in [0.717, 1.165) is 47.4 Å². The summed E-state index contributed by atoms with van der Waals surface area (Å²) < 4.78 is 30.7. The number of sulfonamides is 1. The standard InChI is InChI=1S/C21H24N4O3S/c1-4-25-13(2)22-20-11-16(7-10-21(20)25)24-29(27,28)17-8-5-15-6-9-19(18(15)12-17)23-14(3)26/h5,7-8,10-12,19,24H,4,6,9H2,1-3H3,(H,23,26). The molecule has 1 atom stereocenters. The minimum Gasteiger partial charge on any atom is -0.350 e. The van der Waals surface area contributed by atoms with E-state index < -0.39 is 10.0 Å². The number of benzene rings is 2. The average molecular weight is 413 g/mol. The van der Waals surface area contributed by atoms with E-state index in [1.54, 1.807) is 24.3 Å². The molecule has 1 heterocycles. The predicted octanol–water partition coefficient (Wildman–Crippen LogP) is 3.29. The van der Waals surface area contributed by atoms with Crippen LogP contribution < -0.4 is 10.0 Å². The zero-order chi connectivity index (χ0) is 20.8. The van der Waals surface area contributed by atoms with Crippen LogP contribution in [0.2, 0.25) is 0 Å². The van der Waals surface area contributed by atoms with Crippen molar-refractivity contribution in [3.05, 3.63) is 53.3 Å². The van der Waals surface area contributed by atoms with Crippen LogP contribution in [0.15, 0.2) is 41.3 Å². The molecule has 4 rings (SSSR count). The number of amides is 1. The normalized spacial score (nSPS) is 16.0. The second-order valence-corrected chi connectivity index (χ2v) is 9.05. The number of anilines is 1. The monoisotopic (exact) mass is 412 g/mol. The molecule has 29 heavy (non-hydrogen) atoms. The molecule has 0 bridgehead atoms. The highest BCUT2D eigenvalue weighted by Gasteiger charge is 2.26. The first-order valence-corrected chi connectivity index (χ1v) is 11.2. The Hall–Kier alpha value is -2.87. The van der Waals surface area contributed by atoms with E-state index in [1.165, 1.54) is 6.92 Å². The summed E-state index contributed by atoms with van der Waals surface area (Å²) >= 11 is 0. The fraction of sp³-hybridized carbons (Fsp3) is 0.333. The Morgan fingerprint density at radius 2 is 2.03 bits per heavy atom. The smallest absolute Gasteiger partial charge is 0.261 e. The van der Waals surface area contributed by atoms with Gasteiger partial charge in [0.25, 0.3) is 10.0 Å². The lowest BCUT2D eigenvalue weighted by Gasteiger charge is -2.14. The Labute approximate surface area is 170 Å². The SMILES string of the molecule is CCn1c(C)nc2cc(NS(=O)(=O)c3ccc4c(c3)C(NC(C)=O)CC4)ccc21.